The first-order valence-electron chi connectivity index (χ1n) is 30.8. The largest absolute Gasteiger partial charge is 0.462 e. The maximum absolute atomic E-state index is 12.8. The molecule has 0 aliphatic rings. The normalized spacial score (nSPS) is 12.1. The third kappa shape index (κ3) is 56.7. The maximum atomic E-state index is 12.8. The quantitative estimate of drug-likeness (QED) is 0.0261. The summed E-state index contributed by atoms with van der Waals surface area (Å²) >= 11 is 0. The fraction of sp³-hybridized carbons (Fsp3) is 0.889. The molecule has 0 aliphatic heterocycles. The van der Waals surface area contributed by atoms with Gasteiger partial charge < -0.3 is 14.2 Å². The van der Waals surface area contributed by atoms with Crippen LogP contribution in [0.2, 0.25) is 0 Å². The van der Waals surface area contributed by atoms with E-state index in [1.165, 1.54) is 218 Å². The fourth-order valence-corrected chi connectivity index (χ4v) is 9.29. The molecule has 0 rings (SSSR count). The monoisotopic (exact) mass is 971 g/mol. The van der Waals surface area contributed by atoms with Gasteiger partial charge in [0.25, 0.3) is 0 Å². The van der Waals surface area contributed by atoms with Crippen molar-refractivity contribution in [2.45, 2.75) is 348 Å². The molecule has 6 nitrogen and oxygen atoms in total. The van der Waals surface area contributed by atoms with Crippen LogP contribution >= 0.6 is 0 Å². The van der Waals surface area contributed by atoms with Gasteiger partial charge >= 0.3 is 17.9 Å². The van der Waals surface area contributed by atoms with Gasteiger partial charge in [-0.3, -0.25) is 14.4 Å². The molecule has 0 saturated heterocycles. The van der Waals surface area contributed by atoms with Crippen LogP contribution in [0.3, 0.4) is 0 Å². The number of allylic oxidation sites excluding steroid dienone is 4. The first-order valence-corrected chi connectivity index (χ1v) is 30.8. The van der Waals surface area contributed by atoms with Gasteiger partial charge in [0.15, 0.2) is 6.10 Å². The molecule has 0 aromatic rings. The predicted octanol–water partition coefficient (Wildman–Crippen LogP) is 20.7. The van der Waals surface area contributed by atoms with Gasteiger partial charge in [0, 0.05) is 19.3 Å². The van der Waals surface area contributed by atoms with Crippen molar-refractivity contribution >= 4 is 17.9 Å². The van der Waals surface area contributed by atoms with E-state index in [1.807, 2.05) is 0 Å². The minimum absolute atomic E-state index is 0.0718. The molecule has 0 saturated carbocycles. The second-order valence-corrected chi connectivity index (χ2v) is 21.0. The Kier molecular flexibility index (Phi) is 56.7. The first kappa shape index (κ1) is 66.9. The van der Waals surface area contributed by atoms with Gasteiger partial charge in [-0.25, -0.2) is 0 Å². The summed E-state index contributed by atoms with van der Waals surface area (Å²) in [6, 6.07) is 0. The van der Waals surface area contributed by atoms with Crippen molar-refractivity contribution in [3.63, 3.8) is 0 Å². The minimum atomic E-state index is -0.773. The first-order chi connectivity index (χ1) is 34.0. The smallest absolute Gasteiger partial charge is 0.306 e. The minimum Gasteiger partial charge on any atom is -0.462 e. The average molecular weight is 972 g/mol. The number of hydrogen-bond acceptors (Lipinski definition) is 6. The Balaban J connectivity index is 4.11. The number of carbonyl (C=O) groups is 3. The Labute approximate surface area is 430 Å². The maximum Gasteiger partial charge on any atom is 0.306 e. The predicted molar refractivity (Wildman–Crippen MR) is 298 cm³/mol. The van der Waals surface area contributed by atoms with Gasteiger partial charge in [0.05, 0.1) is 0 Å². The van der Waals surface area contributed by atoms with E-state index in [-0.39, 0.29) is 31.1 Å². The van der Waals surface area contributed by atoms with Crippen molar-refractivity contribution in [1.29, 1.82) is 0 Å². The standard InChI is InChI=1S/C63H118O6/c1-4-7-10-13-16-19-22-24-26-27-28-29-30-31-32-33-34-35-36-37-38-40-41-44-47-50-53-56-62(65)68-59-60(58-67-61(64)55-52-49-46-43-21-18-15-12-9-6-3)69-63(66)57-54-51-48-45-42-39-25-23-20-17-14-11-8-5-2/h14,17,23,25,60H,4-13,15-16,18-22,24,26-59H2,1-3H3/b17-14-,25-23-. The summed E-state index contributed by atoms with van der Waals surface area (Å²) in [7, 11) is 0. The topological polar surface area (TPSA) is 78.9 Å². The van der Waals surface area contributed by atoms with Crippen molar-refractivity contribution in [3.8, 4) is 0 Å². The lowest BCUT2D eigenvalue weighted by Gasteiger charge is -2.18. The van der Waals surface area contributed by atoms with E-state index >= 15 is 0 Å². The van der Waals surface area contributed by atoms with E-state index in [1.54, 1.807) is 0 Å². The van der Waals surface area contributed by atoms with Crippen molar-refractivity contribution in [2.24, 2.45) is 0 Å². The number of hydrogen-bond donors (Lipinski definition) is 0. The van der Waals surface area contributed by atoms with E-state index in [4.69, 9.17) is 14.2 Å². The number of ether oxygens (including phenoxy) is 3. The SMILES string of the molecule is CCCC/C=C\C/C=C\CCCCCCCC(=O)OC(COC(=O)CCCCCCCCCCCC)COC(=O)CCCCCCCCCCCCCCCCCCCCCCCCCCCCC. The molecule has 0 fully saturated rings. The summed E-state index contributed by atoms with van der Waals surface area (Å²) < 4.78 is 16.8. The van der Waals surface area contributed by atoms with E-state index < -0.39 is 6.10 Å². The Morgan fingerprint density at radius 1 is 0.290 bits per heavy atom. The van der Waals surface area contributed by atoms with E-state index in [0.717, 1.165) is 83.5 Å². The zero-order chi connectivity index (χ0) is 50.0. The highest BCUT2D eigenvalue weighted by Gasteiger charge is 2.19. The molecule has 69 heavy (non-hydrogen) atoms. The van der Waals surface area contributed by atoms with Gasteiger partial charge in [0.2, 0.25) is 0 Å². The molecule has 0 aliphatic carbocycles. The van der Waals surface area contributed by atoms with Crippen molar-refractivity contribution in [1.82, 2.24) is 0 Å². The van der Waals surface area contributed by atoms with Crippen LogP contribution in [-0.2, 0) is 28.6 Å². The molecular formula is C63H118O6. The third-order valence-corrected chi connectivity index (χ3v) is 14.0. The summed E-state index contributed by atoms with van der Waals surface area (Å²) in [5.74, 6) is -0.867. The Morgan fingerprint density at radius 3 is 0.841 bits per heavy atom. The molecule has 0 heterocycles. The molecule has 0 bridgehead atoms. The highest BCUT2D eigenvalue weighted by Crippen LogP contribution is 2.18. The molecule has 0 radical (unpaired) electrons. The summed E-state index contributed by atoms with van der Waals surface area (Å²) in [4.78, 5) is 38.1. The zero-order valence-electron chi connectivity index (χ0n) is 46.6. The Morgan fingerprint density at radius 2 is 0.536 bits per heavy atom. The van der Waals surface area contributed by atoms with Gasteiger partial charge in [0.1, 0.15) is 13.2 Å². The summed E-state index contributed by atoms with van der Waals surface area (Å²) in [5, 5.41) is 0. The molecule has 0 aromatic carbocycles. The second kappa shape index (κ2) is 58.5. The van der Waals surface area contributed by atoms with E-state index in [2.05, 4.69) is 45.1 Å². The van der Waals surface area contributed by atoms with Crippen molar-refractivity contribution in [3.05, 3.63) is 24.3 Å². The number of unbranched alkanes of at least 4 members (excludes halogenated alkanes) is 42. The van der Waals surface area contributed by atoms with Crippen LogP contribution in [0.15, 0.2) is 24.3 Å². The van der Waals surface area contributed by atoms with E-state index in [0.29, 0.717) is 19.3 Å². The molecule has 0 aromatic heterocycles. The van der Waals surface area contributed by atoms with Gasteiger partial charge in [-0.15, -0.1) is 0 Å². The summed E-state index contributed by atoms with van der Waals surface area (Å²) in [5.41, 5.74) is 0. The van der Waals surface area contributed by atoms with Crippen LogP contribution in [0.1, 0.15) is 342 Å². The summed E-state index contributed by atoms with van der Waals surface area (Å²) in [6.45, 7) is 6.63. The molecule has 1 unspecified atom stereocenters. The lowest BCUT2D eigenvalue weighted by Crippen LogP contribution is -2.30. The third-order valence-electron chi connectivity index (χ3n) is 14.0. The molecule has 1 atom stereocenters. The Hall–Kier alpha value is -2.11. The number of rotatable bonds is 57. The molecule has 406 valence electrons. The van der Waals surface area contributed by atoms with Crippen LogP contribution in [0.5, 0.6) is 0 Å². The average Bonchev–Trinajstić information content (AvgIpc) is 3.35. The van der Waals surface area contributed by atoms with Gasteiger partial charge in [-0.05, 0) is 44.9 Å². The molecule has 6 heteroatoms. The van der Waals surface area contributed by atoms with Crippen molar-refractivity contribution < 1.29 is 28.6 Å². The highest BCUT2D eigenvalue weighted by atomic mass is 16.6. The van der Waals surface area contributed by atoms with Gasteiger partial charge in [-0.1, -0.05) is 302 Å². The number of carbonyl (C=O) groups excluding carboxylic acids is 3. The fourth-order valence-electron chi connectivity index (χ4n) is 9.29. The van der Waals surface area contributed by atoms with Crippen LogP contribution in [0.25, 0.3) is 0 Å². The van der Waals surface area contributed by atoms with Crippen LogP contribution in [-0.4, -0.2) is 37.2 Å². The lowest BCUT2D eigenvalue weighted by molar-refractivity contribution is -0.167. The zero-order valence-corrected chi connectivity index (χ0v) is 46.6. The van der Waals surface area contributed by atoms with Crippen LogP contribution in [0, 0.1) is 0 Å². The summed E-state index contributed by atoms with van der Waals surface area (Å²) in [6.07, 6.45) is 69.2. The van der Waals surface area contributed by atoms with Crippen LogP contribution in [0.4, 0.5) is 0 Å². The van der Waals surface area contributed by atoms with E-state index in [9.17, 15) is 14.4 Å². The van der Waals surface area contributed by atoms with Gasteiger partial charge in [-0.2, -0.15) is 0 Å². The molecule has 0 spiro atoms. The Bertz CT molecular complexity index is 1110. The highest BCUT2D eigenvalue weighted by molar-refractivity contribution is 5.71. The second-order valence-electron chi connectivity index (χ2n) is 21.0. The molecule has 0 N–H and O–H groups in total. The van der Waals surface area contributed by atoms with Crippen LogP contribution < -0.4 is 0 Å². The lowest BCUT2D eigenvalue weighted by atomic mass is 10.0. The molecular weight excluding hydrogens is 853 g/mol. The van der Waals surface area contributed by atoms with Crippen molar-refractivity contribution in [2.75, 3.05) is 13.2 Å². The number of esters is 3. The molecule has 0 amide bonds.